The van der Waals surface area contributed by atoms with Crippen LogP contribution in [0.25, 0.3) is 16.9 Å². The number of fused-ring (bicyclic) bond motifs is 1. The molecule has 8 heteroatoms. The Morgan fingerprint density at radius 1 is 1.32 bits per heavy atom. The zero-order chi connectivity index (χ0) is 18.0. The Hall–Kier alpha value is -2.67. The predicted octanol–water partition coefficient (Wildman–Crippen LogP) is 3.20. The van der Waals surface area contributed by atoms with Crippen LogP contribution in [0.2, 0.25) is 5.15 Å². The second kappa shape index (κ2) is 6.68. The van der Waals surface area contributed by atoms with Crippen molar-refractivity contribution in [1.82, 2.24) is 19.4 Å². The molecule has 3 aromatic heterocycles. The van der Waals surface area contributed by atoms with E-state index in [1.165, 1.54) is 0 Å². The van der Waals surface area contributed by atoms with Crippen LogP contribution < -0.4 is 5.32 Å². The Labute approximate surface area is 150 Å². The summed E-state index contributed by atoms with van der Waals surface area (Å²) in [5, 5.41) is 3.51. The predicted molar refractivity (Wildman–Crippen MR) is 95.6 cm³/mol. The maximum absolute atomic E-state index is 12.0. The molecule has 0 saturated heterocycles. The number of nitrogens with zero attached hydrogens (tertiary/aromatic N) is 4. The van der Waals surface area contributed by atoms with Gasteiger partial charge in [-0.05, 0) is 32.9 Å². The van der Waals surface area contributed by atoms with Crippen LogP contribution in [0.4, 0.5) is 5.82 Å². The third-order valence-corrected chi connectivity index (χ3v) is 3.47. The van der Waals surface area contributed by atoms with Gasteiger partial charge in [0.25, 0.3) is 0 Å². The molecule has 0 aromatic carbocycles. The molecule has 7 nitrogen and oxygen atoms in total. The van der Waals surface area contributed by atoms with Crippen LogP contribution in [-0.2, 0) is 9.53 Å². The molecule has 0 bridgehead atoms. The molecule has 3 heterocycles. The summed E-state index contributed by atoms with van der Waals surface area (Å²) in [7, 11) is 0. The van der Waals surface area contributed by atoms with Crippen LogP contribution in [0.3, 0.4) is 0 Å². The van der Waals surface area contributed by atoms with Crippen molar-refractivity contribution in [3.63, 3.8) is 0 Å². The van der Waals surface area contributed by atoms with E-state index in [9.17, 15) is 4.79 Å². The summed E-state index contributed by atoms with van der Waals surface area (Å²) < 4.78 is 7.16. The molecule has 25 heavy (non-hydrogen) atoms. The summed E-state index contributed by atoms with van der Waals surface area (Å²) in [6.07, 6.45) is 6.70. The third kappa shape index (κ3) is 4.06. The van der Waals surface area contributed by atoms with Gasteiger partial charge in [0.05, 0.1) is 6.20 Å². The minimum absolute atomic E-state index is 0.0153. The Balaban J connectivity index is 1.94. The average molecular weight is 360 g/mol. The van der Waals surface area contributed by atoms with E-state index in [1.54, 1.807) is 30.9 Å². The van der Waals surface area contributed by atoms with Gasteiger partial charge in [-0.1, -0.05) is 11.6 Å². The second-order valence-corrected chi connectivity index (χ2v) is 6.81. The molecule has 0 aliphatic heterocycles. The molecule has 0 unspecified atom stereocenters. The van der Waals surface area contributed by atoms with Crippen molar-refractivity contribution in [2.45, 2.75) is 26.4 Å². The van der Waals surface area contributed by atoms with Crippen molar-refractivity contribution < 1.29 is 9.53 Å². The number of pyridine rings is 1. The lowest BCUT2D eigenvalue weighted by Crippen LogP contribution is -2.28. The summed E-state index contributed by atoms with van der Waals surface area (Å²) in [5.74, 6) is 0.309. The van der Waals surface area contributed by atoms with Gasteiger partial charge in [0.1, 0.15) is 28.8 Å². The molecule has 0 spiro atoms. The van der Waals surface area contributed by atoms with Crippen molar-refractivity contribution in [3.05, 3.63) is 42.1 Å². The number of halogens is 1. The molecule has 3 rings (SSSR count). The molecule has 0 atom stereocenters. The zero-order valence-corrected chi connectivity index (χ0v) is 14.9. The van der Waals surface area contributed by atoms with Gasteiger partial charge in [0.15, 0.2) is 5.65 Å². The molecule has 130 valence electrons. The minimum Gasteiger partial charge on any atom is -0.459 e. The van der Waals surface area contributed by atoms with E-state index in [2.05, 4.69) is 20.3 Å². The fourth-order valence-corrected chi connectivity index (χ4v) is 2.44. The van der Waals surface area contributed by atoms with Gasteiger partial charge < -0.3 is 10.1 Å². The maximum atomic E-state index is 12.0. The van der Waals surface area contributed by atoms with Crippen molar-refractivity contribution in [3.8, 4) is 11.3 Å². The zero-order valence-electron chi connectivity index (χ0n) is 14.2. The molecule has 0 amide bonds. The van der Waals surface area contributed by atoms with Gasteiger partial charge in [0, 0.05) is 24.2 Å². The number of anilines is 1. The number of rotatable bonds is 4. The lowest BCUT2D eigenvalue weighted by molar-refractivity contribution is -0.152. The van der Waals surface area contributed by atoms with E-state index < -0.39 is 5.60 Å². The monoisotopic (exact) mass is 359 g/mol. The van der Waals surface area contributed by atoms with Gasteiger partial charge in [-0.25, -0.2) is 9.97 Å². The van der Waals surface area contributed by atoms with Gasteiger partial charge in [-0.15, -0.1) is 0 Å². The van der Waals surface area contributed by atoms with E-state index in [4.69, 9.17) is 16.3 Å². The van der Waals surface area contributed by atoms with Crippen LogP contribution in [0.1, 0.15) is 20.8 Å². The van der Waals surface area contributed by atoms with Gasteiger partial charge >= 0.3 is 5.97 Å². The standard InChI is InChI=1S/C17H18ClN5O2/c1-17(2,3)25-14(24)10-21-16-15(11-4-5-12(18)20-8-11)22-13-9-19-6-7-23(13)16/h4-9,21H,10H2,1-3H3. The van der Waals surface area contributed by atoms with E-state index in [0.717, 1.165) is 5.56 Å². The number of ether oxygens (including phenoxy) is 1. The van der Waals surface area contributed by atoms with Crippen LogP contribution in [0, 0.1) is 0 Å². The van der Waals surface area contributed by atoms with Crippen LogP contribution >= 0.6 is 11.6 Å². The number of hydrogen-bond donors (Lipinski definition) is 1. The Bertz CT molecular complexity index is 900. The highest BCUT2D eigenvalue weighted by Crippen LogP contribution is 2.28. The molecule has 0 aliphatic carbocycles. The highest BCUT2D eigenvalue weighted by atomic mass is 35.5. The molecule has 3 aromatic rings. The largest absolute Gasteiger partial charge is 0.459 e. The van der Waals surface area contributed by atoms with Gasteiger partial charge in [-0.3, -0.25) is 14.2 Å². The SMILES string of the molecule is CC(C)(C)OC(=O)CNc1c(-c2ccc(Cl)nc2)nc2cnccn12. The second-order valence-electron chi connectivity index (χ2n) is 6.42. The molecule has 0 saturated carbocycles. The number of hydrogen-bond acceptors (Lipinski definition) is 6. The lowest BCUT2D eigenvalue weighted by atomic mass is 10.2. The number of esters is 1. The first-order valence-electron chi connectivity index (χ1n) is 7.73. The highest BCUT2D eigenvalue weighted by molar-refractivity contribution is 6.29. The Morgan fingerprint density at radius 3 is 2.80 bits per heavy atom. The van der Waals surface area contributed by atoms with Gasteiger partial charge in [-0.2, -0.15) is 0 Å². The normalized spacial score (nSPS) is 11.5. The molecule has 1 N–H and O–H groups in total. The summed E-state index contributed by atoms with van der Waals surface area (Å²) in [6.45, 7) is 5.50. The lowest BCUT2D eigenvalue weighted by Gasteiger charge is -2.19. The first-order valence-corrected chi connectivity index (χ1v) is 8.11. The number of nitrogens with one attached hydrogen (secondary N) is 1. The number of carbonyl (C=O) groups excluding carboxylic acids is 1. The molecular weight excluding hydrogens is 342 g/mol. The van der Waals surface area contributed by atoms with Crippen LogP contribution in [-0.4, -0.2) is 37.5 Å². The summed E-state index contributed by atoms with van der Waals surface area (Å²) >= 11 is 5.86. The molecular formula is C17H18ClN5O2. The van der Waals surface area contributed by atoms with Crippen LogP contribution in [0.5, 0.6) is 0 Å². The average Bonchev–Trinajstić information content (AvgIpc) is 2.90. The first-order chi connectivity index (χ1) is 11.8. The number of aromatic nitrogens is 4. The topological polar surface area (TPSA) is 81.4 Å². The quantitative estimate of drug-likeness (QED) is 0.569. The maximum Gasteiger partial charge on any atom is 0.325 e. The van der Waals surface area contributed by atoms with Crippen molar-refractivity contribution in [2.24, 2.45) is 0 Å². The molecule has 0 aliphatic rings. The molecule has 0 radical (unpaired) electrons. The smallest absolute Gasteiger partial charge is 0.325 e. The Kier molecular flexibility index (Phi) is 4.59. The van der Waals surface area contributed by atoms with E-state index in [1.807, 2.05) is 31.2 Å². The highest BCUT2D eigenvalue weighted by Gasteiger charge is 2.19. The van der Waals surface area contributed by atoms with E-state index in [-0.39, 0.29) is 12.5 Å². The van der Waals surface area contributed by atoms with Crippen molar-refractivity contribution >= 4 is 29.0 Å². The molecule has 0 fully saturated rings. The van der Waals surface area contributed by atoms with E-state index >= 15 is 0 Å². The van der Waals surface area contributed by atoms with Gasteiger partial charge in [0.2, 0.25) is 0 Å². The van der Waals surface area contributed by atoms with Crippen LogP contribution in [0.15, 0.2) is 36.9 Å². The minimum atomic E-state index is -0.537. The fourth-order valence-electron chi connectivity index (χ4n) is 2.33. The third-order valence-electron chi connectivity index (χ3n) is 3.25. The first kappa shape index (κ1) is 17.2. The number of imidazole rings is 1. The van der Waals surface area contributed by atoms with Crippen molar-refractivity contribution in [1.29, 1.82) is 0 Å². The summed E-state index contributed by atoms with van der Waals surface area (Å²) in [5.41, 5.74) is 1.55. The summed E-state index contributed by atoms with van der Waals surface area (Å²) in [6, 6.07) is 3.51. The fraction of sp³-hybridized carbons (Fsp3) is 0.294. The Morgan fingerprint density at radius 2 is 2.12 bits per heavy atom. The van der Waals surface area contributed by atoms with Crippen molar-refractivity contribution in [2.75, 3.05) is 11.9 Å². The van der Waals surface area contributed by atoms with E-state index in [0.29, 0.717) is 22.3 Å². The number of carbonyl (C=O) groups is 1. The summed E-state index contributed by atoms with van der Waals surface area (Å²) in [4.78, 5) is 24.8.